The maximum absolute atomic E-state index is 12.7. The number of fused-ring (bicyclic) bond motifs is 1. The van der Waals surface area contributed by atoms with Gasteiger partial charge in [-0.1, -0.05) is 66.7 Å². The summed E-state index contributed by atoms with van der Waals surface area (Å²) in [5, 5.41) is 14.3. The SMILES string of the molecule is O=C(Nc1cccc2ccccc12)N(CCO)Cc1ccccc1. The number of nitrogens with one attached hydrogen (secondary N) is 1. The van der Waals surface area contributed by atoms with E-state index in [-0.39, 0.29) is 19.2 Å². The minimum absolute atomic E-state index is 0.0736. The molecule has 2 N–H and O–H groups in total. The first-order chi connectivity index (χ1) is 11.8. The average Bonchev–Trinajstić information content (AvgIpc) is 2.62. The van der Waals surface area contributed by atoms with Crippen molar-refractivity contribution in [1.82, 2.24) is 4.90 Å². The monoisotopic (exact) mass is 320 g/mol. The predicted octanol–water partition coefficient (Wildman–Crippen LogP) is 3.87. The van der Waals surface area contributed by atoms with E-state index in [1.807, 2.05) is 72.8 Å². The first-order valence-electron chi connectivity index (χ1n) is 7.96. The Bertz CT molecular complexity index is 813. The second kappa shape index (κ2) is 7.62. The second-order valence-electron chi connectivity index (χ2n) is 5.59. The molecule has 0 aliphatic rings. The Morgan fingerprint density at radius 1 is 0.917 bits per heavy atom. The van der Waals surface area contributed by atoms with Gasteiger partial charge in [-0.3, -0.25) is 0 Å². The van der Waals surface area contributed by atoms with Crippen LogP contribution in [0.15, 0.2) is 72.8 Å². The highest BCUT2D eigenvalue weighted by atomic mass is 16.3. The van der Waals surface area contributed by atoms with E-state index in [1.165, 1.54) is 0 Å². The van der Waals surface area contributed by atoms with Crippen LogP contribution in [0.2, 0.25) is 0 Å². The van der Waals surface area contributed by atoms with Crippen molar-refractivity contribution in [3.63, 3.8) is 0 Å². The maximum atomic E-state index is 12.7. The summed E-state index contributed by atoms with van der Waals surface area (Å²) in [7, 11) is 0. The van der Waals surface area contributed by atoms with Crippen molar-refractivity contribution in [2.24, 2.45) is 0 Å². The molecule has 0 aromatic heterocycles. The molecular formula is C20H20N2O2. The lowest BCUT2D eigenvalue weighted by atomic mass is 10.1. The highest BCUT2D eigenvalue weighted by molar-refractivity contribution is 6.01. The van der Waals surface area contributed by atoms with Gasteiger partial charge in [-0.05, 0) is 17.0 Å². The van der Waals surface area contributed by atoms with Gasteiger partial charge in [0.2, 0.25) is 0 Å². The van der Waals surface area contributed by atoms with E-state index in [2.05, 4.69) is 5.32 Å². The summed E-state index contributed by atoms with van der Waals surface area (Å²) in [6, 6.07) is 23.3. The van der Waals surface area contributed by atoms with Gasteiger partial charge >= 0.3 is 6.03 Å². The Labute approximate surface area is 141 Å². The first kappa shape index (κ1) is 16.0. The zero-order valence-corrected chi connectivity index (χ0v) is 13.4. The fourth-order valence-corrected chi connectivity index (χ4v) is 2.71. The van der Waals surface area contributed by atoms with Crippen molar-refractivity contribution in [2.75, 3.05) is 18.5 Å². The van der Waals surface area contributed by atoms with Crippen LogP contribution in [0.5, 0.6) is 0 Å². The molecule has 0 fully saturated rings. The molecule has 0 heterocycles. The van der Waals surface area contributed by atoms with Crippen molar-refractivity contribution in [1.29, 1.82) is 0 Å². The summed E-state index contributed by atoms with van der Waals surface area (Å²) in [6.07, 6.45) is 0. The minimum atomic E-state index is -0.218. The molecule has 0 unspecified atom stereocenters. The molecular weight excluding hydrogens is 300 g/mol. The number of carbonyl (C=O) groups excluding carboxylic acids is 1. The van der Waals surface area contributed by atoms with Gasteiger partial charge in [-0.2, -0.15) is 0 Å². The maximum Gasteiger partial charge on any atom is 0.322 e. The predicted molar refractivity (Wildman–Crippen MR) is 96.9 cm³/mol. The lowest BCUT2D eigenvalue weighted by Gasteiger charge is -2.23. The van der Waals surface area contributed by atoms with Crippen LogP contribution in [0.3, 0.4) is 0 Å². The van der Waals surface area contributed by atoms with E-state index in [0.717, 1.165) is 22.0 Å². The van der Waals surface area contributed by atoms with Crippen LogP contribution in [0.25, 0.3) is 10.8 Å². The molecule has 0 aliphatic carbocycles. The number of amides is 2. The summed E-state index contributed by atoms with van der Waals surface area (Å²) in [6.45, 7) is 0.666. The number of carbonyl (C=O) groups is 1. The highest BCUT2D eigenvalue weighted by Gasteiger charge is 2.14. The molecule has 0 spiro atoms. The number of urea groups is 1. The van der Waals surface area contributed by atoms with Crippen LogP contribution < -0.4 is 5.32 Å². The number of nitrogens with zero attached hydrogens (tertiary/aromatic N) is 1. The van der Waals surface area contributed by atoms with Gasteiger partial charge in [0.05, 0.1) is 12.3 Å². The van der Waals surface area contributed by atoms with Gasteiger partial charge in [0.1, 0.15) is 0 Å². The normalized spacial score (nSPS) is 10.5. The third-order valence-electron chi connectivity index (χ3n) is 3.90. The third-order valence-corrected chi connectivity index (χ3v) is 3.90. The van der Waals surface area contributed by atoms with E-state index in [1.54, 1.807) is 4.90 Å². The molecule has 4 heteroatoms. The lowest BCUT2D eigenvalue weighted by Crippen LogP contribution is -2.36. The van der Waals surface area contributed by atoms with Crippen LogP contribution in [0.4, 0.5) is 10.5 Å². The van der Waals surface area contributed by atoms with E-state index >= 15 is 0 Å². The number of anilines is 1. The van der Waals surface area contributed by atoms with Crippen molar-refractivity contribution < 1.29 is 9.90 Å². The molecule has 24 heavy (non-hydrogen) atoms. The van der Waals surface area contributed by atoms with Crippen LogP contribution >= 0.6 is 0 Å². The number of rotatable bonds is 5. The molecule has 2 amide bonds. The number of aliphatic hydroxyl groups excluding tert-OH is 1. The van der Waals surface area contributed by atoms with Crippen LogP contribution in [-0.2, 0) is 6.54 Å². The molecule has 122 valence electrons. The molecule has 3 aromatic carbocycles. The number of benzene rings is 3. The summed E-state index contributed by atoms with van der Waals surface area (Å²) in [5.74, 6) is 0. The molecule has 0 atom stereocenters. The van der Waals surface area contributed by atoms with E-state index in [9.17, 15) is 9.90 Å². The molecule has 0 radical (unpaired) electrons. The molecule has 0 saturated heterocycles. The number of hydrogen-bond donors (Lipinski definition) is 2. The zero-order chi connectivity index (χ0) is 16.8. The lowest BCUT2D eigenvalue weighted by molar-refractivity contribution is 0.185. The Hall–Kier alpha value is -2.85. The fourth-order valence-electron chi connectivity index (χ4n) is 2.71. The molecule has 0 aliphatic heterocycles. The van der Waals surface area contributed by atoms with Crippen molar-refractivity contribution >= 4 is 22.5 Å². The van der Waals surface area contributed by atoms with Crippen LogP contribution in [-0.4, -0.2) is 29.2 Å². The second-order valence-corrected chi connectivity index (χ2v) is 5.59. The fraction of sp³-hybridized carbons (Fsp3) is 0.150. The van der Waals surface area contributed by atoms with Gasteiger partial charge in [-0.15, -0.1) is 0 Å². The minimum Gasteiger partial charge on any atom is -0.395 e. The van der Waals surface area contributed by atoms with Gasteiger partial charge in [0, 0.05) is 18.5 Å². The molecule has 0 saturated carbocycles. The Balaban J connectivity index is 1.80. The Morgan fingerprint density at radius 2 is 1.62 bits per heavy atom. The van der Waals surface area contributed by atoms with Gasteiger partial charge < -0.3 is 15.3 Å². The zero-order valence-electron chi connectivity index (χ0n) is 13.4. The highest BCUT2D eigenvalue weighted by Crippen LogP contribution is 2.23. The Kier molecular flexibility index (Phi) is 5.08. The summed E-state index contributed by atoms with van der Waals surface area (Å²) in [5.41, 5.74) is 1.80. The molecule has 3 aromatic rings. The summed E-state index contributed by atoms with van der Waals surface area (Å²) in [4.78, 5) is 14.3. The topological polar surface area (TPSA) is 52.6 Å². The summed E-state index contributed by atoms with van der Waals surface area (Å²) >= 11 is 0. The van der Waals surface area contributed by atoms with Gasteiger partial charge in [0.15, 0.2) is 0 Å². The standard InChI is InChI=1S/C20H20N2O2/c23-14-13-22(15-16-7-2-1-3-8-16)20(24)21-19-12-6-10-17-9-4-5-11-18(17)19/h1-12,23H,13-15H2,(H,21,24). The van der Waals surface area contributed by atoms with Crippen molar-refractivity contribution in [3.8, 4) is 0 Å². The Morgan fingerprint density at radius 3 is 2.42 bits per heavy atom. The molecule has 0 bridgehead atoms. The summed E-state index contributed by atoms with van der Waals surface area (Å²) < 4.78 is 0. The van der Waals surface area contributed by atoms with E-state index in [0.29, 0.717) is 6.54 Å². The average molecular weight is 320 g/mol. The van der Waals surface area contributed by atoms with Crippen LogP contribution in [0.1, 0.15) is 5.56 Å². The molecule has 3 rings (SSSR count). The van der Waals surface area contributed by atoms with Gasteiger partial charge in [-0.25, -0.2) is 4.79 Å². The van der Waals surface area contributed by atoms with Crippen molar-refractivity contribution in [2.45, 2.75) is 6.54 Å². The third kappa shape index (κ3) is 3.73. The largest absolute Gasteiger partial charge is 0.395 e. The van der Waals surface area contributed by atoms with Crippen molar-refractivity contribution in [3.05, 3.63) is 78.4 Å². The number of hydrogen-bond acceptors (Lipinski definition) is 2. The van der Waals surface area contributed by atoms with E-state index < -0.39 is 0 Å². The molecule has 4 nitrogen and oxygen atoms in total. The quantitative estimate of drug-likeness (QED) is 0.750. The number of aliphatic hydroxyl groups is 1. The van der Waals surface area contributed by atoms with E-state index in [4.69, 9.17) is 0 Å². The van der Waals surface area contributed by atoms with Gasteiger partial charge in [0.25, 0.3) is 0 Å². The van der Waals surface area contributed by atoms with Crippen LogP contribution in [0, 0.1) is 0 Å². The first-order valence-corrected chi connectivity index (χ1v) is 7.96. The smallest absolute Gasteiger partial charge is 0.322 e.